The summed E-state index contributed by atoms with van der Waals surface area (Å²) >= 11 is 0. The topological polar surface area (TPSA) is 75.0 Å². The summed E-state index contributed by atoms with van der Waals surface area (Å²) in [4.78, 5) is 21.1. The molecule has 1 atom stereocenters. The number of nitrogens with zero attached hydrogens (tertiary/aromatic N) is 2. The van der Waals surface area contributed by atoms with Gasteiger partial charge in [-0.25, -0.2) is 4.98 Å². The second kappa shape index (κ2) is 4.25. The second-order valence-corrected chi connectivity index (χ2v) is 4.30. The average molecular weight is 222 g/mol. The molecule has 0 amide bonds. The maximum absolute atomic E-state index is 11.8. The van der Waals surface area contributed by atoms with Crippen molar-refractivity contribution in [1.29, 1.82) is 0 Å². The third kappa shape index (κ3) is 1.95. The fourth-order valence-corrected chi connectivity index (χ4v) is 2.14. The maximum Gasteiger partial charge on any atom is 0.255 e. The number of aromatic nitrogens is 2. The Morgan fingerprint density at radius 1 is 1.62 bits per heavy atom. The number of H-pyrrole nitrogens is 1. The van der Waals surface area contributed by atoms with Crippen molar-refractivity contribution in [1.82, 2.24) is 9.97 Å². The van der Waals surface area contributed by atoms with E-state index in [9.17, 15) is 4.79 Å². The molecule has 1 aromatic rings. The van der Waals surface area contributed by atoms with Crippen LogP contribution in [0.3, 0.4) is 0 Å². The normalized spacial score (nSPS) is 20.4. The Morgan fingerprint density at radius 3 is 2.88 bits per heavy atom. The van der Waals surface area contributed by atoms with E-state index in [-0.39, 0.29) is 11.6 Å². The highest BCUT2D eigenvalue weighted by Crippen LogP contribution is 2.14. The van der Waals surface area contributed by atoms with Crippen molar-refractivity contribution >= 4 is 5.95 Å². The first kappa shape index (κ1) is 11.1. The summed E-state index contributed by atoms with van der Waals surface area (Å²) in [6, 6.07) is 0.191. The Kier molecular flexibility index (Phi) is 2.96. The van der Waals surface area contributed by atoms with Crippen molar-refractivity contribution in [2.75, 3.05) is 18.0 Å². The molecule has 0 aromatic carbocycles. The van der Waals surface area contributed by atoms with E-state index in [1.165, 1.54) is 0 Å². The van der Waals surface area contributed by atoms with E-state index in [4.69, 9.17) is 5.73 Å². The Balaban J connectivity index is 2.33. The van der Waals surface area contributed by atoms with E-state index >= 15 is 0 Å². The molecule has 0 saturated carbocycles. The van der Waals surface area contributed by atoms with Crippen LogP contribution in [-0.2, 0) is 6.42 Å². The first-order chi connectivity index (χ1) is 7.61. The minimum absolute atomic E-state index is 0.0227. The molecule has 5 heteroatoms. The van der Waals surface area contributed by atoms with Gasteiger partial charge >= 0.3 is 0 Å². The molecule has 1 aliphatic rings. The molecule has 0 radical (unpaired) electrons. The zero-order valence-corrected chi connectivity index (χ0v) is 9.79. The molecule has 5 nitrogen and oxygen atoms in total. The summed E-state index contributed by atoms with van der Waals surface area (Å²) in [5.41, 5.74) is 7.40. The number of nitrogens with one attached hydrogen (secondary N) is 1. The molecule has 0 unspecified atom stereocenters. The second-order valence-electron chi connectivity index (χ2n) is 4.30. The van der Waals surface area contributed by atoms with Crippen LogP contribution < -0.4 is 16.2 Å². The molecular weight excluding hydrogens is 204 g/mol. The van der Waals surface area contributed by atoms with Gasteiger partial charge in [0, 0.05) is 30.4 Å². The molecule has 0 aliphatic carbocycles. The largest absolute Gasteiger partial charge is 0.341 e. The van der Waals surface area contributed by atoms with E-state index in [1.807, 2.05) is 18.7 Å². The van der Waals surface area contributed by atoms with Crippen molar-refractivity contribution in [3.63, 3.8) is 0 Å². The maximum atomic E-state index is 11.8. The van der Waals surface area contributed by atoms with E-state index in [0.29, 0.717) is 12.4 Å². The lowest BCUT2D eigenvalue weighted by Crippen LogP contribution is -2.30. The van der Waals surface area contributed by atoms with Gasteiger partial charge in [0.2, 0.25) is 5.95 Å². The van der Waals surface area contributed by atoms with Gasteiger partial charge in [-0.3, -0.25) is 9.78 Å². The van der Waals surface area contributed by atoms with Crippen LogP contribution in [0.25, 0.3) is 0 Å². The molecule has 2 heterocycles. The predicted octanol–water partition coefficient (Wildman–Crippen LogP) is 0.178. The zero-order chi connectivity index (χ0) is 11.7. The van der Waals surface area contributed by atoms with Crippen LogP contribution in [0.1, 0.15) is 24.6 Å². The number of aromatic amines is 1. The molecule has 3 N–H and O–H groups in total. The number of hydrogen-bond acceptors (Lipinski definition) is 4. The van der Waals surface area contributed by atoms with Gasteiger partial charge < -0.3 is 10.6 Å². The molecule has 2 rings (SSSR count). The van der Waals surface area contributed by atoms with Gasteiger partial charge in [-0.05, 0) is 19.8 Å². The van der Waals surface area contributed by atoms with Crippen LogP contribution in [0.2, 0.25) is 0 Å². The van der Waals surface area contributed by atoms with Gasteiger partial charge in [0.1, 0.15) is 0 Å². The molecule has 16 heavy (non-hydrogen) atoms. The van der Waals surface area contributed by atoms with Crippen LogP contribution in [0.4, 0.5) is 5.95 Å². The zero-order valence-electron chi connectivity index (χ0n) is 9.79. The molecule has 1 fully saturated rings. The van der Waals surface area contributed by atoms with Crippen molar-refractivity contribution < 1.29 is 0 Å². The van der Waals surface area contributed by atoms with Crippen molar-refractivity contribution in [2.24, 2.45) is 5.73 Å². The number of nitrogens with two attached hydrogens (primary N) is 1. The molecule has 88 valence electrons. The van der Waals surface area contributed by atoms with Gasteiger partial charge in [-0.15, -0.1) is 0 Å². The summed E-state index contributed by atoms with van der Waals surface area (Å²) in [7, 11) is 0. The molecule has 0 bridgehead atoms. The standard InChI is InChI=1S/C11H18N4O/c1-3-9-7(2)13-11(14-10(9)16)15-5-4-8(12)6-15/h8H,3-6,12H2,1-2H3,(H,13,14,16)/t8-/m0/s1. The summed E-state index contributed by atoms with van der Waals surface area (Å²) in [5.74, 6) is 0.660. The summed E-state index contributed by atoms with van der Waals surface area (Å²) in [5, 5.41) is 0. The van der Waals surface area contributed by atoms with E-state index in [0.717, 1.165) is 30.8 Å². The minimum atomic E-state index is -0.0227. The van der Waals surface area contributed by atoms with Gasteiger partial charge in [0.15, 0.2) is 0 Å². The number of hydrogen-bond donors (Lipinski definition) is 2. The number of aryl methyl sites for hydroxylation is 1. The minimum Gasteiger partial charge on any atom is -0.341 e. The predicted molar refractivity (Wildman–Crippen MR) is 63.8 cm³/mol. The fourth-order valence-electron chi connectivity index (χ4n) is 2.14. The molecule has 0 spiro atoms. The monoisotopic (exact) mass is 222 g/mol. The van der Waals surface area contributed by atoms with Crippen molar-refractivity contribution in [3.8, 4) is 0 Å². The lowest BCUT2D eigenvalue weighted by atomic mass is 10.2. The van der Waals surface area contributed by atoms with Gasteiger partial charge in [-0.1, -0.05) is 6.92 Å². The van der Waals surface area contributed by atoms with Crippen molar-refractivity contribution in [2.45, 2.75) is 32.7 Å². The highest BCUT2D eigenvalue weighted by atomic mass is 16.1. The Morgan fingerprint density at radius 2 is 2.38 bits per heavy atom. The first-order valence-corrected chi connectivity index (χ1v) is 5.72. The van der Waals surface area contributed by atoms with Gasteiger partial charge in [0.25, 0.3) is 5.56 Å². The summed E-state index contributed by atoms with van der Waals surface area (Å²) < 4.78 is 0. The Bertz CT molecular complexity index is 440. The van der Waals surface area contributed by atoms with E-state index in [2.05, 4.69) is 9.97 Å². The lowest BCUT2D eigenvalue weighted by Gasteiger charge is -2.17. The summed E-state index contributed by atoms with van der Waals surface area (Å²) in [6.07, 6.45) is 1.67. The SMILES string of the molecule is CCc1c(C)nc(N2CC[C@H](N)C2)[nH]c1=O. The highest BCUT2D eigenvalue weighted by Gasteiger charge is 2.21. The molecule has 1 aromatic heterocycles. The smallest absolute Gasteiger partial charge is 0.255 e. The highest BCUT2D eigenvalue weighted by molar-refractivity contribution is 5.34. The average Bonchev–Trinajstić information content (AvgIpc) is 2.64. The Hall–Kier alpha value is -1.36. The number of anilines is 1. The van der Waals surface area contributed by atoms with Gasteiger partial charge in [0.05, 0.1) is 0 Å². The summed E-state index contributed by atoms with van der Waals surface area (Å²) in [6.45, 7) is 5.49. The van der Waals surface area contributed by atoms with Crippen LogP contribution in [0.15, 0.2) is 4.79 Å². The Labute approximate surface area is 94.7 Å². The lowest BCUT2D eigenvalue weighted by molar-refractivity contribution is 0.749. The third-order valence-electron chi connectivity index (χ3n) is 3.09. The third-order valence-corrected chi connectivity index (χ3v) is 3.09. The molecule has 1 aliphatic heterocycles. The quantitative estimate of drug-likeness (QED) is 0.748. The van der Waals surface area contributed by atoms with Crippen LogP contribution in [0.5, 0.6) is 0 Å². The number of rotatable bonds is 2. The van der Waals surface area contributed by atoms with E-state index in [1.54, 1.807) is 0 Å². The van der Waals surface area contributed by atoms with Crippen LogP contribution >= 0.6 is 0 Å². The van der Waals surface area contributed by atoms with Crippen LogP contribution in [-0.4, -0.2) is 29.1 Å². The van der Waals surface area contributed by atoms with E-state index < -0.39 is 0 Å². The van der Waals surface area contributed by atoms with Gasteiger partial charge in [-0.2, -0.15) is 0 Å². The fraction of sp³-hybridized carbons (Fsp3) is 0.636. The first-order valence-electron chi connectivity index (χ1n) is 5.72. The van der Waals surface area contributed by atoms with Crippen LogP contribution in [0, 0.1) is 6.92 Å². The van der Waals surface area contributed by atoms with Crippen molar-refractivity contribution in [3.05, 3.63) is 21.6 Å². The molecule has 1 saturated heterocycles. The molecular formula is C11H18N4O.